The smallest absolute Gasteiger partial charge is 0.334 e. The van der Waals surface area contributed by atoms with Gasteiger partial charge in [-0.15, -0.1) is 0 Å². The number of carbonyl (C=O) groups excluding carboxylic acids is 1. The van der Waals surface area contributed by atoms with Crippen molar-refractivity contribution in [1.29, 1.82) is 0 Å². The summed E-state index contributed by atoms with van der Waals surface area (Å²) in [5.41, 5.74) is -1.50. The minimum atomic E-state index is -0.717. The van der Waals surface area contributed by atoms with Crippen molar-refractivity contribution in [2.24, 2.45) is 0 Å². The molecule has 2 rings (SSSR count). The summed E-state index contributed by atoms with van der Waals surface area (Å²) in [4.78, 5) is 36.6. The van der Waals surface area contributed by atoms with Crippen LogP contribution in [-0.4, -0.2) is 20.5 Å². The third kappa shape index (κ3) is 1.48. The molecule has 1 N–H and O–H groups in total. The summed E-state index contributed by atoms with van der Waals surface area (Å²) >= 11 is 0. The highest BCUT2D eigenvalue weighted by atomic mass is 16.5. The van der Waals surface area contributed by atoms with E-state index in [1.54, 1.807) is 0 Å². The van der Waals surface area contributed by atoms with E-state index < -0.39 is 17.0 Å². The van der Waals surface area contributed by atoms with Crippen LogP contribution < -0.4 is 11.2 Å². The average Bonchev–Trinajstić information content (AvgIpc) is 2.70. The van der Waals surface area contributed by atoms with Crippen LogP contribution in [0.1, 0.15) is 17.3 Å². The molecule has 0 amide bonds. The van der Waals surface area contributed by atoms with Crippen LogP contribution in [0.2, 0.25) is 0 Å². The second-order valence-corrected chi connectivity index (χ2v) is 3.06. The number of aromatic amines is 1. The Hall–Kier alpha value is -2.44. The van der Waals surface area contributed by atoms with E-state index in [-0.39, 0.29) is 11.4 Å². The van der Waals surface area contributed by atoms with Crippen LogP contribution in [0.4, 0.5) is 0 Å². The van der Waals surface area contributed by atoms with Gasteiger partial charge in [-0.05, 0) is 6.92 Å². The van der Waals surface area contributed by atoms with Crippen molar-refractivity contribution in [3.8, 4) is 5.82 Å². The van der Waals surface area contributed by atoms with Crippen LogP contribution in [0.3, 0.4) is 0 Å². The quantitative estimate of drug-likeness (QED) is 0.703. The van der Waals surface area contributed by atoms with E-state index >= 15 is 0 Å². The monoisotopic (exact) mass is 221 g/mol. The van der Waals surface area contributed by atoms with Crippen molar-refractivity contribution in [2.45, 2.75) is 6.92 Å². The zero-order valence-electron chi connectivity index (χ0n) is 8.26. The minimum absolute atomic E-state index is 0.0364. The molecule has 0 aliphatic carbocycles. The Bertz CT molecular complexity index is 636. The summed E-state index contributed by atoms with van der Waals surface area (Å²) in [6.45, 7) is 1.24. The number of hydrogen-bond donors (Lipinski definition) is 1. The van der Waals surface area contributed by atoms with Gasteiger partial charge in [0.2, 0.25) is 0 Å². The highest BCUT2D eigenvalue weighted by Gasteiger charge is 2.13. The molecule has 0 aromatic carbocycles. The average molecular weight is 221 g/mol. The molecule has 0 radical (unpaired) electrons. The van der Waals surface area contributed by atoms with Gasteiger partial charge in [0.1, 0.15) is 6.26 Å². The lowest BCUT2D eigenvalue weighted by Crippen LogP contribution is -2.36. The molecule has 0 fully saturated rings. The summed E-state index contributed by atoms with van der Waals surface area (Å²) in [5.74, 6) is -0.396. The van der Waals surface area contributed by atoms with E-state index in [9.17, 15) is 14.4 Å². The van der Waals surface area contributed by atoms with Gasteiger partial charge in [0.05, 0.1) is 5.56 Å². The van der Waals surface area contributed by atoms with E-state index in [4.69, 9.17) is 0 Å². The van der Waals surface area contributed by atoms with E-state index in [0.717, 1.165) is 10.8 Å². The second kappa shape index (κ2) is 3.61. The fourth-order valence-corrected chi connectivity index (χ4v) is 1.25. The Kier molecular flexibility index (Phi) is 2.28. The lowest BCUT2D eigenvalue weighted by molar-refractivity contribution is 0.101. The van der Waals surface area contributed by atoms with Crippen molar-refractivity contribution in [3.63, 3.8) is 0 Å². The number of aromatic nitrogens is 3. The Morgan fingerprint density at radius 2 is 2.25 bits per heavy atom. The summed E-state index contributed by atoms with van der Waals surface area (Å²) in [5, 5.41) is 3.47. The summed E-state index contributed by atoms with van der Waals surface area (Å²) in [7, 11) is 0. The van der Waals surface area contributed by atoms with Crippen LogP contribution in [0.5, 0.6) is 0 Å². The predicted octanol–water partition coefficient (Wildman–Crippen LogP) is -0.284. The van der Waals surface area contributed by atoms with Crippen molar-refractivity contribution in [3.05, 3.63) is 44.9 Å². The largest absolute Gasteiger partial charge is 0.363 e. The van der Waals surface area contributed by atoms with Gasteiger partial charge in [0.25, 0.3) is 5.56 Å². The number of nitrogens with zero attached hydrogens (tertiary/aromatic N) is 2. The zero-order chi connectivity index (χ0) is 11.7. The Balaban J connectivity index is 2.80. The first kappa shape index (κ1) is 10.1. The third-order valence-electron chi connectivity index (χ3n) is 2.01. The molecule has 7 heteroatoms. The van der Waals surface area contributed by atoms with Crippen LogP contribution >= 0.6 is 0 Å². The maximum atomic E-state index is 11.8. The van der Waals surface area contributed by atoms with Crippen molar-refractivity contribution >= 4 is 5.78 Å². The predicted molar refractivity (Wildman–Crippen MR) is 52.7 cm³/mol. The maximum absolute atomic E-state index is 11.8. The molecule has 2 aromatic heterocycles. The summed E-state index contributed by atoms with van der Waals surface area (Å²) in [6.07, 6.45) is 2.31. The van der Waals surface area contributed by atoms with E-state index in [0.29, 0.717) is 0 Å². The molecule has 0 atom stereocenters. The highest BCUT2D eigenvalue weighted by Crippen LogP contribution is 1.97. The lowest BCUT2D eigenvalue weighted by atomic mass is 10.2. The van der Waals surface area contributed by atoms with Crippen LogP contribution in [0.15, 0.2) is 32.6 Å². The third-order valence-corrected chi connectivity index (χ3v) is 2.01. The fourth-order valence-electron chi connectivity index (χ4n) is 1.25. The maximum Gasteiger partial charge on any atom is 0.334 e. The summed E-state index contributed by atoms with van der Waals surface area (Å²) < 4.78 is 5.27. The molecule has 16 heavy (non-hydrogen) atoms. The van der Waals surface area contributed by atoms with Gasteiger partial charge < -0.3 is 9.51 Å². The minimum Gasteiger partial charge on any atom is -0.363 e. The van der Waals surface area contributed by atoms with Crippen molar-refractivity contribution in [1.82, 2.24) is 14.7 Å². The number of carbonyl (C=O) groups is 1. The lowest BCUT2D eigenvalue weighted by Gasteiger charge is -2.00. The van der Waals surface area contributed by atoms with Gasteiger partial charge in [-0.2, -0.15) is 0 Å². The normalized spacial score (nSPS) is 10.3. The van der Waals surface area contributed by atoms with Gasteiger partial charge in [-0.25, -0.2) is 9.36 Å². The van der Waals surface area contributed by atoms with Crippen LogP contribution in [-0.2, 0) is 0 Å². The number of rotatable bonds is 2. The number of H-pyrrole nitrogens is 1. The van der Waals surface area contributed by atoms with E-state index in [1.807, 2.05) is 0 Å². The second-order valence-electron chi connectivity index (χ2n) is 3.06. The van der Waals surface area contributed by atoms with Gasteiger partial charge in [-0.1, -0.05) is 5.16 Å². The highest BCUT2D eigenvalue weighted by molar-refractivity contribution is 5.93. The molecule has 0 saturated carbocycles. The topological polar surface area (TPSA) is 98.0 Å². The molecule has 2 aromatic rings. The zero-order valence-corrected chi connectivity index (χ0v) is 8.26. The molecule has 7 nitrogen and oxygen atoms in total. The first-order chi connectivity index (χ1) is 7.61. The van der Waals surface area contributed by atoms with Gasteiger partial charge in [-0.3, -0.25) is 9.59 Å². The van der Waals surface area contributed by atoms with Crippen molar-refractivity contribution in [2.75, 3.05) is 0 Å². The Labute approximate surface area is 88.3 Å². The van der Waals surface area contributed by atoms with Crippen LogP contribution in [0.25, 0.3) is 5.82 Å². The SMILES string of the molecule is CC(=O)c1c[nH]c(=O)n(-c2ccon2)c1=O. The Morgan fingerprint density at radius 1 is 1.50 bits per heavy atom. The van der Waals surface area contributed by atoms with E-state index in [2.05, 4.69) is 14.7 Å². The number of ketones is 1. The molecule has 0 saturated heterocycles. The van der Waals surface area contributed by atoms with Crippen molar-refractivity contribution < 1.29 is 9.32 Å². The first-order valence-electron chi connectivity index (χ1n) is 4.37. The standard InChI is InChI=1S/C9H7N3O4/c1-5(13)6-4-10-9(15)12(8(6)14)7-2-3-16-11-7/h2-4H,1H3,(H,10,15). The molecular weight excluding hydrogens is 214 g/mol. The number of Topliss-reactive ketones (excluding diaryl/α,β-unsaturated/α-hetero) is 1. The van der Waals surface area contributed by atoms with Gasteiger partial charge in [0.15, 0.2) is 11.6 Å². The Morgan fingerprint density at radius 3 is 2.81 bits per heavy atom. The van der Waals surface area contributed by atoms with Gasteiger partial charge in [0, 0.05) is 12.3 Å². The fraction of sp³-hybridized carbons (Fsp3) is 0.111. The molecule has 0 aliphatic rings. The number of hydrogen-bond acceptors (Lipinski definition) is 5. The molecule has 2 heterocycles. The summed E-state index contributed by atoms with van der Waals surface area (Å²) in [6, 6.07) is 1.35. The molecule has 82 valence electrons. The molecule has 0 aliphatic heterocycles. The van der Waals surface area contributed by atoms with Gasteiger partial charge >= 0.3 is 5.69 Å². The molecule has 0 spiro atoms. The van der Waals surface area contributed by atoms with E-state index in [1.165, 1.54) is 19.3 Å². The van der Waals surface area contributed by atoms with Crippen LogP contribution in [0, 0.1) is 0 Å². The molecule has 0 unspecified atom stereocenters. The molecular formula is C9H7N3O4. The molecule has 0 bridgehead atoms. The number of nitrogens with one attached hydrogen (secondary N) is 1. The first-order valence-corrected chi connectivity index (χ1v) is 4.37.